The van der Waals surface area contributed by atoms with Crippen molar-refractivity contribution in [3.63, 3.8) is 0 Å². The fourth-order valence-corrected chi connectivity index (χ4v) is 4.69. The lowest BCUT2D eigenvalue weighted by molar-refractivity contribution is -0.120. The van der Waals surface area contributed by atoms with Crippen LogP contribution in [0.3, 0.4) is 0 Å². The normalized spacial score (nSPS) is 17.9. The second-order valence-electron chi connectivity index (χ2n) is 8.27. The van der Waals surface area contributed by atoms with Crippen molar-refractivity contribution in [1.29, 1.82) is 0 Å². The van der Waals surface area contributed by atoms with Gasteiger partial charge in [-0.15, -0.1) is 11.3 Å². The highest BCUT2D eigenvalue weighted by atomic mass is 32.1. The molecule has 0 saturated carbocycles. The molecule has 1 aromatic heterocycles. The van der Waals surface area contributed by atoms with Gasteiger partial charge in [0.05, 0.1) is 17.9 Å². The number of benzene rings is 1. The van der Waals surface area contributed by atoms with Crippen LogP contribution in [-0.2, 0) is 9.59 Å². The maximum Gasteiger partial charge on any atom is 0.282 e. The highest BCUT2D eigenvalue weighted by Crippen LogP contribution is 2.37. The van der Waals surface area contributed by atoms with Gasteiger partial charge in [-0.1, -0.05) is 26.8 Å². The molecule has 4 rings (SSSR count). The second kappa shape index (κ2) is 9.24. The first-order valence-electron chi connectivity index (χ1n) is 10.9. The zero-order valence-electron chi connectivity index (χ0n) is 18.3. The van der Waals surface area contributed by atoms with Crippen molar-refractivity contribution in [3.8, 4) is 5.75 Å². The molecule has 31 heavy (non-hydrogen) atoms. The number of thiophene rings is 1. The lowest BCUT2D eigenvalue weighted by atomic mass is 10.1. The molecular formula is C24H29N3O3S. The zero-order chi connectivity index (χ0) is 22.0. The summed E-state index contributed by atoms with van der Waals surface area (Å²) in [5, 5.41) is 1.94. The van der Waals surface area contributed by atoms with E-state index in [9.17, 15) is 9.59 Å². The van der Waals surface area contributed by atoms with Crippen LogP contribution in [0, 0.1) is 5.92 Å². The molecule has 1 saturated heterocycles. The summed E-state index contributed by atoms with van der Waals surface area (Å²) >= 11 is 1.49. The molecule has 2 aliphatic rings. The molecule has 164 valence electrons. The second-order valence-corrected chi connectivity index (χ2v) is 9.21. The van der Waals surface area contributed by atoms with Crippen LogP contribution in [0.25, 0.3) is 5.57 Å². The van der Waals surface area contributed by atoms with Gasteiger partial charge in [-0.3, -0.25) is 9.59 Å². The van der Waals surface area contributed by atoms with Crippen LogP contribution < -0.4 is 9.64 Å². The number of anilines is 1. The summed E-state index contributed by atoms with van der Waals surface area (Å²) in [5.41, 5.74) is 1.62. The van der Waals surface area contributed by atoms with Gasteiger partial charge in [0, 0.05) is 31.1 Å². The first-order valence-corrected chi connectivity index (χ1v) is 11.7. The van der Waals surface area contributed by atoms with Gasteiger partial charge in [0.25, 0.3) is 11.8 Å². The predicted molar refractivity (Wildman–Crippen MR) is 124 cm³/mol. The maximum atomic E-state index is 13.5. The Kier molecular flexibility index (Phi) is 6.43. The molecule has 2 aromatic rings. The maximum absolute atomic E-state index is 13.5. The molecule has 1 fully saturated rings. The summed E-state index contributed by atoms with van der Waals surface area (Å²) in [7, 11) is 0. The van der Waals surface area contributed by atoms with Crippen LogP contribution in [0.15, 0.2) is 47.5 Å². The lowest BCUT2D eigenvalue weighted by Crippen LogP contribution is -2.47. The average Bonchev–Trinajstić information content (AvgIpc) is 3.39. The summed E-state index contributed by atoms with van der Waals surface area (Å²) in [6.07, 6.45) is 0. The van der Waals surface area contributed by atoms with Crippen molar-refractivity contribution >= 4 is 34.4 Å². The molecule has 2 amide bonds. The smallest absolute Gasteiger partial charge is 0.282 e. The Morgan fingerprint density at radius 3 is 2.29 bits per heavy atom. The molecule has 3 heterocycles. The Bertz CT molecular complexity index is 958. The number of rotatable bonds is 7. The van der Waals surface area contributed by atoms with E-state index in [4.69, 9.17) is 4.74 Å². The van der Waals surface area contributed by atoms with Crippen LogP contribution in [0.4, 0.5) is 5.69 Å². The number of carbonyl (C=O) groups is 2. The van der Waals surface area contributed by atoms with Crippen LogP contribution in [-0.4, -0.2) is 60.9 Å². The van der Waals surface area contributed by atoms with Crippen LogP contribution in [0.1, 0.15) is 25.6 Å². The third-order valence-electron chi connectivity index (χ3n) is 5.64. The molecule has 0 aliphatic carbocycles. The third-order valence-corrected chi connectivity index (χ3v) is 6.53. The van der Waals surface area contributed by atoms with Gasteiger partial charge in [0.15, 0.2) is 0 Å². The topological polar surface area (TPSA) is 53.1 Å². The van der Waals surface area contributed by atoms with Crippen molar-refractivity contribution < 1.29 is 14.3 Å². The molecule has 0 radical (unpaired) electrons. The number of piperazine rings is 1. The number of hydrogen-bond donors (Lipinski definition) is 0. The molecule has 2 aliphatic heterocycles. The van der Waals surface area contributed by atoms with Gasteiger partial charge in [-0.05, 0) is 48.2 Å². The summed E-state index contributed by atoms with van der Waals surface area (Å²) < 4.78 is 5.75. The number of carbonyl (C=O) groups excluding carboxylic acids is 2. The third kappa shape index (κ3) is 4.38. The van der Waals surface area contributed by atoms with Gasteiger partial charge in [0.2, 0.25) is 0 Å². The number of hydrogen-bond acceptors (Lipinski definition) is 6. The van der Waals surface area contributed by atoms with Crippen LogP contribution in [0.5, 0.6) is 5.75 Å². The SMILES string of the molecule is CCN1CCN(C2=C(c3cccs3)C(=O)N(c3ccc(OCC(C)C)cc3)C2=O)CC1. The average molecular weight is 440 g/mol. The van der Waals surface area contributed by atoms with E-state index in [1.165, 1.54) is 16.2 Å². The number of ether oxygens (including phenoxy) is 1. The standard InChI is InChI=1S/C24H29N3O3S/c1-4-25-11-13-26(14-12-25)22-21(20-6-5-15-31-20)23(28)27(24(22)29)18-7-9-19(10-8-18)30-16-17(2)3/h5-10,15,17H,4,11-14,16H2,1-3H3. The summed E-state index contributed by atoms with van der Waals surface area (Å²) in [6.45, 7) is 11.2. The minimum absolute atomic E-state index is 0.241. The molecule has 0 unspecified atom stereocenters. The Morgan fingerprint density at radius 2 is 1.71 bits per heavy atom. The first-order chi connectivity index (χ1) is 15.0. The Hall–Kier alpha value is -2.64. The van der Waals surface area contributed by atoms with Crippen molar-refractivity contribution in [1.82, 2.24) is 9.80 Å². The predicted octanol–water partition coefficient (Wildman–Crippen LogP) is 3.70. The Morgan fingerprint density at radius 1 is 1.00 bits per heavy atom. The van der Waals surface area contributed by atoms with Crippen molar-refractivity contribution in [2.75, 3.05) is 44.2 Å². The number of likely N-dealkylation sites (N-methyl/N-ethyl adjacent to an activating group) is 1. The molecule has 7 heteroatoms. The van der Waals surface area contributed by atoms with E-state index in [-0.39, 0.29) is 11.8 Å². The molecule has 6 nitrogen and oxygen atoms in total. The van der Waals surface area contributed by atoms with E-state index in [1.807, 2.05) is 29.6 Å². The van der Waals surface area contributed by atoms with Crippen LogP contribution >= 0.6 is 11.3 Å². The quantitative estimate of drug-likeness (QED) is 0.616. The molecule has 0 spiro atoms. The fourth-order valence-electron chi connectivity index (χ4n) is 3.93. The molecule has 0 bridgehead atoms. The monoisotopic (exact) mass is 439 g/mol. The summed E-state index contributed by atoms with van der Waals surface area (Å²) in [4.78, 5) is 33.6. The van der Waals surface area contributed by atoms with E-state index in [0.717, 1.165) is 43.4 Å². The van der Waals surface area contributed by atoms with E-state index in [0.29, 0.717) is 29.5 Å². The highest BCUT2D eigenvalue weighted by Gasteiger charge is 2.43. The minimum Gasteiger partial charge on any atom is -0.493 e. The minimum atomic E-state index is -0.254. The van der Waals surface area contributed by atoms with Gasteiger partial charge in [-0.2, -0.15) is 0 Å². The lowest BCUT2D eigenvalue weighted by Gasteiger charge is -2.35. The van der Waals surface area contributed by atoms with Crippen molar-refractivity contribution in [3.05, 3.63) is 52.4 Å². The summed E-state index contributed by atoms with van der Waals surface area (Å²) in [5.74, 6) is 0.666. The largest absolute Gasteiger partial charge is 0.493 e. The number of amides is 2. The van der Waals surface area contributed by atoms with Gasteiger partial charge >= 0.3 is 0 Å². The first kappa shape index (κ1) is 21.6. The zero-order valence-corrected chi connectivity index (χ0v) is 19.2. The van der Waals surface area contributed by atoms with E-state index >= 15 is 0 Å². The van der Waals surface area contributed by atoms with Gasteiger partial charge < -0.3 is 14.5 Å². The van der Waals surface area contributed by atoms with Crippen LogP contribution in [0.2, 0.25) is 0 Å². The molecule has 1 aromatic carbocycles. The summed E-state index contributed by atoms with van der Waals surface area (Å²) in [6, 6.07) is 11.0. The highest BCUT2D eigenvalue weighted by molar-refractivity contribution is 7.11. The fraction of sp³-hybridized carbons (Fsp3) is 0.417. The number of imide groups is 1. The molecule has 0 atom stereocenters. The van der Waals surface area contributed by atoms with Gasteiger partial charge in [-0.25, -0.2) is 4.90 Å². The number of nitrogens with zero attached hydrogens (tertiary/aromatic N) is 3. The van der Waals surface area contributed by atoms with E-state index < -0.39 is 0 Å². The Balaban J connectivity index is 1.62. The van der Waals surface area contributed by atoms with E-state index in [1.54, 1.807) is 12.1 Å². The Labute approximate surface area is 187 Å². The van der Waals surface area contributed by atoms with E-state index in [2.05, 4.69) is 30.6 Å². The molecular weight excluding hydrogens is 410 g/mol. The van der Waals surface area contributed by atoms with Crippen molar-refractivity contribution in [2.24, 2.45) is 5.92 Å². The molecule has 0 N–H and O–H groups in total. The van der Waals surface area contributed by atoms with Gasteiger partial charge in [0.1, 0.15) is 11.4 Å². The van der Waals surface area contributed by atoms with Crippen molar-refractivity contribution in [2.45, 2.75) is 20.8 Å².